The van der Waals surface area contributed by atoms with Gasteiger partial charge >= 0.3 is 6.18 Å². The van der Waals surface area contributed by atoms with Gasteiger partial charge in [-0.3, -0.25) is 4.79 Å². The first kappa shape index (κ1) is 15.3. The van der Waals surface area contributed by atoms with Crippen molar-refractivity contribution in [3.63, 3.8) is 0 Å². The van der Waals surface area contributed by atoms with Gasteiger partial charge in [0.25, 0.3) is 5.91 Å². The van der Waals surface area contributed by atoms with E-state index >= 15 is 0 Å². The molecule has 114 valence electrons. The van der Waals surface area contributed by atoms with E-state index in [1.165, 1.54) is 24.3 Å². The predicted octanol–water partition coefficient (Wildman–Crippen LogP) is 2.62. The molecule has 0 spiro atoms. The monoisotopic (exact) mass is 304 g/mol. The van der Waals surface area contributed by atoms with E-state index in [0.29, 0.717) is 10.9 Å². The smallest absolute Gasteiger partial charge is 0.370 e. The number of fused-ring (bicyclic) bond motifs is 1. The molecule has 0 aliphatic carbocycles. The van der Waals surface area contributed by atoms with E-state index in [1.807, 2.05) is 0 Å². The number of amides is 1. The largest absolute Gasteiger partial charge is 0.411 e. The zero-order chi connectivity index (χ0) is 15.5. The van der Waals surface area contributed by atoms with Crippen LogP contribution in [0.1, 0.15) is 10.5 Å². The van der Waals surface area contributed by atoms with Crippen molar-refractivity contribution >= 4 is 16.8 Å². The summed E-state index contributed by atoms with van der Waals surface area (Å²) in [5, 5.41) is 2.94. The third kappa shape index (κ3) is 4.45. The summed E-state index contributed by atoms with van der Waals surface area (Å²) in [6.07, 6.45) is -4.38. The molecular weight excluding hydrogens is 292 g/mol. The van der Waals surface area contributed by atoms with E-state index in [2.05, 4.69) is 15.0 Å². The van der Waals surface area contributed by atoms with E-state index < -0.39 is 24.5 Å². The summed E-state index contributed by atoms with van der Waals surface area (Å²) >= 11 is 0. The number of aromatic amines is 1. The molecule has 0 aliphatic rings. The van der Waals surface area contributed by atoms with Gasteiger partial charge in [0.1, 0.15) is 18.1 Å². The summed E-state index contributed by atoms with van der Waals surface area (Å²) < 4.78 is 52.8. The van der Waals surface area contributed by atoms with Gasteiger partial charge in [0, 0.05) is 17.4 Å². The average Bonchev–Trinajstić information content (AvgIpc) is 2.79. The summed E-state index contributed by atoms with van der Waals surface area (Å²) in [7, 11) is 0. The number of H-pyrrole nitrogens is 1. The van der Waals surface area contributed by atoms with Gasteiger partial charge in [-0.2, -0.15) is 13.2 Å². The Morgan fingerprint density at radius 3 is 2.76 bits per heavy atom. The van der Waals surface area contributed by atoms with Crippen molar-refractivity contribution in [1.29, 1.82) is 0 Å². The van der Waals surface area contributed by atoms with E-state index in [9.17, 15) is 22.4 Å². The maximum absolute atomic E-state index is 13.0. The summed E-state index contributed by atoms with van der Waals surface area (Å²) in [5.41, 5.74) is 0.793. The number of alkyl halides is 3. The molecule has 1 aromatic carbocycles. The highest BCUT2D eigenvalue weighted by atomic mass is 19.4. The molecule has 1 amide bonds. The van der Waals surface area contributed by atoms with E-state index in [-0.39, 0.29) is 18.8 Å². The standard InChI is InChI=1S/C13H12F4N2O2/c14-9-1-2-10-8(5-9)6-11(19-10)12(20)18-3-4-21-7-13(15,16)17/h1-2,5-6,19H,3-4,7H2,(H,18,20). The molecule has 2 N–H and O–H groups in total. The minimum atomic E-state index is -4.38. The fraction of sp³-hybridized carbons (Fsp3) is 0.308. The number of halogens is 4. The van der Waals surface area contributed by atoms with Gasteiger partial charge in [0.15, 0.2) is 0 Å². The first-order valence-corrected chi connectivity index (χ1v) is 6.06. The third-order valence-corrected chi connectivity index (χ3v) is 2.63. The van der Waals surface area contributed by atoms with E-state index in [0.717, 1.165) is 0 Å². The van der Waals surface area contributed by atoms with Crippen molar-refractivity contribution in [2.75, 3.05) is 19.8 Å². The lowest BCUT2D eigenvalue weighted by Gasteiger charge is -2.07. The van der Waals surface area contributed by atoms with Crippen LogP contribution in [-0.2, 0) is 4.74 Å². The minimum Gasteiger partial charge on any atom is -0.370 e. The fourth-order valence-electron chi connectivity index (χ4n) is 1.75. The number of carbonyl (C=O) groups is 1. The van der Waals surface area contributed by atoms with Crippen LogP contribution in [-0.4, -0.2) is 36.8 Å². The fourth-order valence-corrected chi connectivity index (χ4v) is 1.75. The second-order valence-electron chi connectivity index (χ2n) is 4.34. The molecule has 0 unspecified atom stereocenters. The molecule has 4 nitrogen and oxygen atoms in total. The van der Waals surface area contributed by atoms with Crippen molar-refractivity contribution in [3.8, 4) is 0 Å². The van der Waals surface area contributed by atoms with Crippen LogP contribution in [0, 0.1) is 5.82 Å². The molecule has 0 atom stereocenters. The highest BCUT2D eigenvalue weighted by Gasteiger charge is 2.27. The first-order chi connectivity index (χ1) is 9.85. The predicted molar refractivity (Wildman–Crippen MR) is 67.5 cm³/mol. The number of rotatable bonds is 5. The SMILES string of the molecule is O=C(NCCOCC(F)(F)F)c1cc2cc(F)ccc2[nH]1. The topological polar surface area (TPSA) is 54.1 Å². The Kier molecular flexibility index (Phi) is 4.46. The van der Waals surface area contributed by atoms with Crippen LogP contribution in [0.5, 0.6) is 0 Å². The molecule has 0 aliphatic heterocycles. The van der Waals surface area contributed by atoms with Crippen LogP contribution in [0.4, 0.5) is 17.6 Å². The first-order valence-electron chi connectivity index (χ1n) is 6.06. The van der Waals surface area contributed by atoms with Gasteiger partial charge in [-0.1, -0.05) is 0 Å². The molecule has 0 saturated carbocycles. The second kappa shape index (κ2) is 6.13. The van der Waals surface area contributed by atoms with Crippen LogP contribution in [0.15, 0.2) is 24.3 Å². The zero-order valence-corrected chi connectivity index (χ0v) is 10.8. The summed E-state index contributed by atoms with van der Waals surface area (Å²) in [6, 6.07) is 5.48. The molecule has 0 fully saturated rings. The van der Waals surface area contributed by atoms with Crippen LogP contribution in [0.2, 0.25) is 0 Å². The number of benzene rings is 1. The Hall–Kier alpha value is -2.09. The van der Waals surface area contributed by atoms with Crippen molar-refractivity contribution in [2.45, 2.75) is 6.18 Å². The van der Waals surface area contributed by atoms with E-state index in [1.54, 1.807) is 0 Å². The summed E-state index contributed by atoms with van der Waals surface area (Å²) in [6.45, 7) is -1.66. The summed E-state index contributed by atoms with van der Waals surface area (Å²) in [5.74, 6) is -0.920. The van der Waals surface area contributed by atoms with Crippen molar-refractivity contribution < 1.29 is 27.1 Å². The highest BCUT2D eigenvalue weighted by Crippen LogP contribution is 2.16. The number of hydrogen-bond acceptors (Lipinski definition) is 2. The molecule has 2 rings (SSSR count). The summed E-state index contributed by atoms with van der Waals surface area (Å²) in [4.78, 5) is 14.5. The number of aromatic nitrogens is 1. The minimum absolute atomic E-state index is 0.0569. The zero-order valence-electron chi connectivity index (χ0n) is 10.8. The van der Waals surface area contributed by atoms with Gasteiger partial charge in [-0.05, 0) is 24.3 Å². The Morgan fingerprint density at radius 2 is 2.05 bits per heavy atom. The second-order valence-corrected chi connectivity index (χ2v) is 4.34. The third-order valence-electron chi connectivity index (χ3n) is 2.63. The lowest BCUT2D eigenvalue weighted by atomic mass is 10.2. The Morgan fingerprint density at radius 1 is 1.29 bits per heavy atom. The van der Waals surface area contributed by atoms with Crippen LogP contribution in [0.3, 0.4) is 0 Å². The molecular formula is C13H12F4N2O2. The van der Waals surface area contributed by atoms with Crippen molar-refractivity contribution in [2.24, 2.45) is 0 Å². The molecule has 1 aromatic heterocycles. The average molecular weight is 304 g/mol. The maximum Gasteiger partial charge on any atom is 0.411 e. The van der Waals surface area contributed by atoms with Crippen molar-refractivity contribution in [3.05, 3.63) is 35.8 Å². The van der Waals surface area contributed by atoms with Crippen LogP contribution in [0.25, 0.3) is 10.9 Å². The molecule has 2 aromatic rings. The molecule has 21 heavy (non-hydrogen) atoms. The van der Waals surface area contributed by atoms with Crippen LogP contribution < -0.4 is 5.32 Å². The van der Waals surface area contributed by atoms with Crippen molar-refractivity contribution in [1.82, 2.24) is 10.3 Å². The van der Waals surface area contributed by atoms with Crippen LogP contribution >= 0.6 is 0 Å². The van der Waals surface area contributed by atoms with Gasteiger partial charge in [-0.25, -0.2) is 4.39 Å². The highest BCUT2D eigenvalue weighted by molar-refractivity contribution is 5.97. The van der Waals surface area contributed by atoms with Gasteiger partial charge in [-0.15, -0.1) is 0 Å². The molecule has 0 saturated heterocycles. The maximum atomic E-state index is 13.0. The molecule has 8 heteroatoms. The van der Waals surface area contributed by atoms with Gasteiger partial charge < -0.3 is 15.0 Å². The lowest BCUT2D eigenvalue weighted by molar-refractivity contribution is -0.173. The van der Waals surface area contributed by atoms with E-state index in [4.69, 9.17) is 0 Å². The Labute approximate surface area is 117 Å². The number of nitrogens with one attached hydrogen (secondary N) is 2. The molecule has 1 heterocycles. The molecule has 0 bridgehead atoms. The number of hydrogen-bond donors (Lipinski definition) is 2. The van der Waals surface area contributed by atoms with Gasteiger partial charge in [0.05, 0.1) is 6.61 Å². The van der Waals surface area contributed by atoms with Gasteiger partial charge in [0.2, 0.25) is 0 Å². The Balaban J connectivity index is 1.85. The lowest BCUT2D eigenvalue weighted by Crippen LogP contribution is -2.29. The quantitative estimate of drug-likeness (QED) is 0.659. The number of ether oxygens (including phenoxy) is 1. The molecule has 0 radical (unpaired) electrons. The Bertz CT molecular complexity index is 637. The number of carbonyl (C=O) groups excluding carboxylic acids is 1. The normalized spacial score (nSPS) is 11.8.